The van der Waals surface area contributed by atoms with E-state index in [-0.39, 0.29) is 12.5 Å². The topological polar surface area (TPSA) is 75.4 Å². The van der Waals surface area contributed by atoms with Crippen molar-refractivity contribution in [2.24, 2.45) is 5.73 Å². The summed E-state index contributed by atoms with van der Waals surface area (Å²) in [5.74, 6) is -0.246. The number of hydrogen-bond acceptors (Lipinski definition) is 3. The van der Waals surface area contributed by atoms with E-state index in [9.17, 15) is 4.79 Å². The SMILES string of the molecule is CC(N)C(=O)NC(C)(C)CO. The maximum Gasteiger partial charge on any atom is 0.237 e. The fourth-order valence-corrected chi connectivity index (χ4v) is 0.487. The summed E-state index contributed by atoms with van der Waals surface area (Å²) in [6, 6.07) is -0.527. The van der Waals surface area contributed by atoms with Gasteiger partial charge in [0.15, 0.2) is 0 Å². The van der Waals surface area contributed by atoms with Gasteiger partial charge in [0.2, 0.25) is 5.91 Å². The van der Waals surface area contributed by atoms with E-state index < -0.39 is 11.6 Å². The molecule has 0 bridgehead atoms. The molecule has 0 aromatic heterocycles. The Morgan fingerprint density at radius 2 is 2.18 bits per heavy atom. The lowest BCUT2D eigenvalue weighted by Crippen LogP contribution is -2.51. The largest absolute Gasteiger partial charge is 0.394 e. The molecule has 66 valence electrons. The smallest absolute Gasteiger partial charge is 0.237 e. The number of hydrogen-bond donors (Lipinski definition) is 3. The fraction of sp³-hybridized carbons (Fsp3) is 0.857. The molecule has 0 spiro atoms. The van der Waals surface area contributed by atoms with E-state index in [1.165, 1.54) is 0 Å². The molecule has 0 saturated carbocycles. The highest BCUT2D eigenvalue weighted by molar-refractivity contribution is 5.81. The van der Waals surface area contributed by atoms with Crippen molar-refractivity contribution >= 4 is 5.91 Å². The summed E-state index contributed by atoms with van der Waals surface area (Å²) in [6.07, 6.45) is 0. The molecule has 0 heterocycles. The second-order valence-electron chi connectivity index (χ2n) is 3.32. The molecule has 0 aromatic carbocycles. The third-order valence-corrected chi connectivity index (χ3v) is 1.27. The Kier molecular flexibility index (Phi) is 3.48. The van der Waals surface area contributed by atoms with Gasteiger partial charge < -0.3 is 16.2 Å². The van der Waals surface area contributed by atoms with Crippen LogP contribution in [0, 0.1) is 0 Å². The van der Waals surface area contributed by atoms with Gasteiger partial charge in [-0.3, -0.25) is 4.79 Å². The molecule has 1 unspecified atom stereocenters. The Morgan fingerprint density at radius 1 is 1.73 bits per heavy atom. The van der Waals surface area contributed by atoms with E-state index in [0.717, 1.165) is 0 Å². The molecule has 0 fully saturated rings. The number of aliphatic hydroxyl groups excluding tert-OH is 1. The van der Waals surface area contributed by atoms with Crippen LogP contribution in [0.3, 0.4) is 0 Å². The first kappa shape index (κ1) is 10.4. The Labute approximate surface area is 66.8 Å². The molecule has 0 aliphatic carbocycles. The lowest BCUT2D eigenvalue weighted by molar-refractivity contribution is -0.124. The van der Waals surface area contributed by atoms with Crippen molar-refractivity contribution < 1.29 is 9.90 Å². The van der Waals surface area contributed by atoms with Gasteiger partial charge >= 0.3 is 0 Å². The van der Waals surface area contributed by atoms with Crippen molar-refractivity contribution in [3.05, 3.63) is 0 Å². The minimum absolute atomic E-state index is 0.0918. The maximum absolute atomic E-state index is 11.0. The average molecular weight is 160 g/mol. The number of aliphatic hydroxyl groups is 1. The van der Waals surface area contributed by atoms with E-state index >= 15 is 0 Å². The molecular weight excluding hydrogens is 144 g/mol. The fourth-order valence-electron chi connectivity index (χ4n) is 0.487. The predicted molar refractivity (Wildman–Crippen MR) is 43.0 cm³/mol. The molecule has 4 N–H and O–H groups in total. The molecule has 0 radical (unpaired) electrons. The highest BCUT2D eigenvalue weighted by atomic mass is 16.3. The number of rotatable bonds is 3. The Hall–Kier alpha value is -0.610. The van der Waals surface area contributed by atoms with Crippen molar-refractivity contribution in [3.8, 4) is 0 Å². The quantitative estimate of drug-likeness (QED) is 0.507. The van der Waals surface area contributed by atoms with Crippen LogP contribution >= 0.6 is 0 Å². The molecule has 0 aliphatic heterocycles. The Bertz CT molecular complexity index is 143. The molecule has 1 atom stereocenters. The van der Waals surface area contributed by atoms with Crippen LogP contribution in [0.5, 0.6) is 0 Å². The second-order valence-corrected chi connectivity index (χ2v) is 3.32. The molecule has 11 heavy (non-hydrogen) atoms. The molecular formula is C7H16N2O2. The monoisotopic (exact) mass is 160 g/mol. The zero-order valence-corrected chi connectivity index (χ0v) is 7.22. The highest BCUT2D eigenvalue weighted by Gasteiger charge is 2.20. The van der Waals surface area contributed by atoms with E-state index in [4.69, 9.17) is 10.8 Å². The molecule has 4 nitrogen and oxygen atoms in total. The standard InChI is InChI=1S/C7H16N2O2/c1-5(8)6(11)9-7(2,3)4-10/h5,10H,4,8H2,1-3H3,(H,9,11). The second kappa shape index (κ2) is 3.69. The molecule has 0 aromatic rings. The van der Waals surface area contributed by atoms with Crippen molar-refractivity contribution in [2.75, 3.05) is 6.61 Å². The van der Waals surface area contributed by atoms with Crippen LogP contribution in [-0.4, -0.2) is 29.2 Å². The van der Waals surface area contributed by atoms with Gasteiger partial charge in [0.25, 0.3) is 0 Å². The van der Waals surface area contributed by atoms with Crippen LogP contribution in [0.4, 0.5) is 0 Å². The van der Waals surface area contributed by atoms with Gasteiger partial charge in [0, 0.05) is 0 Å². The van der Waals surface area contributed by atoms with Gasteiger partial charge in [0.05, 0.1) is 18.2 Å². The molecule has 0 saturated heterocycles. The van der Waals surface area contributed by atoms with Gasteiger partial charge in [-0.1, -0.05) is 0 Å². The molecule has 4 heteroatoms. The first-order valence-electron chi connectivity index (χ1n) is 3.57. The van der Waals surface area contributed by atoms with Crippen molar-refractivity contribution in [3.63, 3.8) is 0 Å². The Balaban J connectivity index is 3.94. The summed E-state index contributed by atoms with van der Waals surface area (Å²) in [5.41, 5.74) is 4.73. The summed E-state index contributed by atoms with van der Waals surface area (Å²) >= 11 is 0. The van der Waals surface area contributed by atoms with Crippen LogP contribution in [0.1, 0.15) is 20.8 Å². The van der Waals surface area contributed by atoms with Gasteiger partial charge in [-0.25, -0.2) is 0 Å². The first-order chi connectivity index (χ1) is 4.89. The van der Waals surface area contributed by atoms with E-state index in [2.05, 4.69) is 5.32 Å². The summed E-state index contributed by atoms with van der Waals surface area (Å²) in [6.45, 7) is 4.97. The minimum atomic E-state index is -0.579. The third-order valence-electron chi connectivity index (χ3n) is 1.27. The summed E-state index contributed by atoms with van der Waals surface area (Å²) in [4.78, 5) is 11.0. The Morgan fingerprint density at radius 3 is 2.45 bits per heavy atom. The van der Waals surface area contributed by atoms with Crippen LogP contribution in [0.25, 0.3) is 0 Å². The number of amides is 1. The summed E-state index contributed by atoms with van der Waals surface area (Å²) in [7, 11) is 0. The highest BCUT2D eigenvalue weighted by Crippen LogP contribution is 1.99. The van der Waals surface area contributed by atoms with E-state index in [1.54, 1.807) is 20.8 Å². The first-order valence-corrected chi connectivity index (χ1v) is 3.57. The lowest BCUT2D eigenvalue weighted by atomic mass is 10.1. The minimum Gasteiger partial charge on any atom is -0.394 e. The number of nitrogens with two attached hydrogens (primary N) is 1. The number of nitrogens with one attached hydrogen (secondary N) is 1. The number of carbonyl (C=O) groups excluding carboxylic acids is 1. The zero-order valence-electron chi connectivity index (χ0n) is 7.22. The molecule has 1 amide bonds. The number of carbonyl (C=O) groups is 1. The zero-order chi connectivity index (χ0) is 9.07. The third kappa shape index (κ3) is 3.95. The van der Waals surface area contributed by atoms with Gasteiger partial charge in [-0.05, 0) is 20.8 Å². The van der Waals surface area contributed by atoms with Crippen molar-refractivity contribution in [1.82, 2.24) is 5.32 Å². The van der Waals surface area contributed by atoms with Crippen molar-refractivity contribution in [1.29, 1.82) is 0 Å². The van der Waals surface area contributed by atoms with Gasteiger partial charge in [-0.15, -0.1) is 0 Å². The van der Waals surface area contributed by atoms with Gasteiger partial charge in [0.1, 0.15) is 0 Å². The molecule has 0 rings (SSSR count). The molecule has 0 aliphatic rings. The van der Waals surface area contributed by atoms with Crippen LogP contribution in [0.2, 0.25) is 0 Å². The van der Waals surface area contributed by atoms with Crippen LogP contribution in [-0.2, 0) is 4.79 Å². The maximum atomic E-state index is 11.0. The van der Waals surface area contributed by atoms with Gasteiger partial charge in [-0.2, -0.15) is 0 Å². The average Bonchev–Trinajstić information content (AvgIpc) is 1.87. The summed E-state index contributed by atoms with van der Waals surface area (Å²) < 4.78 is 0. The predicted octanol–water partition coefficient (Wildman–Crippen LogP) is -0.779. The van der Waals surface area contributed by atoms with Crippen molar-refractivity contribution in [2.45, 2.75) is 32.4 Å². The lowest BCUT2D eigenvalue weighted by Gasteiger charge is -2.24. The summed E-state index contributed by atoms with van der Waals surface area (Å²) in [5, 5.41) is 11.4. The normalized spacial score (nSPS) is 14.3. The van der Waals surface area contributed by atoms with Crippen LogP contribution in [0.15, 0.2) is 0 Å². The van der Waals surface area contributed by atoms with E-state index in [1.807, 2.05) is 0 Å². The van der Waals surface area contributed by atoms with E-state index in [0.29, 0.717) is 0 Å². The van der Waals surface area contributed by atoms with Crippen LogP contribution < -0.4 is 11.1 Å².